The molecule has 1 aliphatic rings. The first-order valence-corrected chi connectivity index (χ1v) is 9.47. The van der Waals surface area contributed by atoms with Crippen molar-refractivity contribution < 1.29 is 9.59 Å². The van der Waals surface area contributed by atoms with Crippen molar-refractivity contribution in [2.24, 2.45) is 0 Å². The lowest BCUT2D eigenvalue weighted by Gasteiger charge is -2.32. The SMILES string of the molecule is CCc1ccc(C(=O)Nc2sccc2C(=O)N2CCNC(C)C2)cc1.Cl. The van der Waals surface area contributed by atoms with Crippen LogP contribution in [0.4, 0.5) is 5.00 Å². The summed E-state index contributed by atoms with van der Waals surface area (Å²) in [4.78, 5) is 27.1. The van der Waals surface area contributed by atoms with Gasteiger partial charge < -0.3 is 15.5 Å². The van der Waals surface area contributed by atoms with Crippen molar-refractivity contribution in [3.05, 3.63) is 52.4 Å². The largest absolute Gasteiger partial charge is 0.336 e. The van der Waals surface area contributed by atoms with Gasteiger partial charge in [0.2, 0.25) is 0 Å². The van der Waals surface area contributed by atoms with Crippen LogP contribution < -0.4 is 10.6 Å². The van der Waals surface area contributed by atoms with E-state index in [1.54, 1.807) is 6.07 Å². The number of nitrogens with one attached hydrogen (secondary N) is 2. The van der Waals surface area contributed by atoms with Gasteiger partial charge in [-0.1, -0.05) is 19.1 Å². The van der Waals surface area contributed by atoms with E-state index in [1.165, 1.54) is 16.9 Å². The molecule has 5 nitrogen and oxygen atoms in total. The van der Waals surface area contributed by atoms with Gasteiger partial charge in [0.1, 0.15) is 5.00 Å². The molecule has 3 rings (SSSR count). The quantitative estimate of drug-likeness (QED) is 0.836. The minimum absolute atomic E-state index is 0. The second-order valence-corrected chi connectivity index (χ2v) is 7.19. The number of hydrogen-bond acceptors (Lipinski definition) is 4. The summed E-state index contributed by atoms with van der Waals surface area (Å²) >= 11 is 1.38. The van der Waals surface area contributed by atoms with Crippen LogP contribution >= 0.6 is 23.7 Å². The zero-order valence-corrected chi connectivity index (χ0v) is 16.6. The number of halogens is 1. The Morgan fingerprint density at radius 2 is 2.00 bits per heavy atom. The number of benzene rings is 1. The van der Waals surface area contributed by atoms with Crippen LogP contribution in [0.25, 0.3) is 0 Å². The first-order valence-electron chi connectivity index (χ1n) is 8.59. The lowest BCUT2D eigenvalue weighted by molar-refractivity contribution is 0.0710. The van der Waals surface area contributed by atoms with E-state index in [9.17, 15) is 9.59 Å². The molecule has 1 atom stereocenters. The van der Waals surface area contributed by atoms with Crippen LogP contribution in [-0.2, 0) is 6.42 Å². The second kappa shape index (κ2) is 9.16. The van der Waals surface area contributed by atoms with Crippen LogP contribution in [0.5, 0.6) is 0 Å². The van der Waals surface area contributed by atoms with Crippen molar-refractivity contribution in [3.63, 3.8) is 0 Å². The predicted octanol–water partition coefficient (Wildman–Crippen LogP) is 3.42. The highest BCUT2D eigenvalue weighted by Crippen LogP contribution is 2.26. The molecule has 2 N–H and O–H groups in total. The lowest BCUT2D eigenvalue weighted by atomic mass is 10.1. The van der Waals surface area contributed by atoms with Crippen LogP contribution in [0.2, 0.25) is 0 Å². The summed E-state index contributed by atoms with van der Waals surface area (Å²) in [5, 5.41) is 8.67. The molecular formula is C19H24ClN3O2S. The number of carbonyl (C=O) groups is 2. The van der Waals surface area contributed by atoms with Gasteiger partial charge in [0.05, 0.1) is 5.56 Å². The van der Waals surface area contributed by atoms with E-state index >= 15 is 0 Å². The van der Waals surface area contributed by atoms with Crippen LogP contribution in [0.15, 0.2) is 35.7 Å². The maximum absolute atomic E-state index is 12.8. The first kappa shape index (κ1) is 20.4. The van der Waals surface area contributed by atoms with Gasteiger partial charge >= 0.3 is 0 Å². The smallest absolute Gasteiger partial charge is 0.256 e. The third kappa shape index (κ3) is 4.63. The molecule has 0 aliphatic carbocycles. The zero-order valence-electron chi connectivity index (χ0n) is 15.0. The summed E-state index contributed by atoms with van der Waals surface area (Å²) < 4.78 is 0. The molecule has 0 radical (unpaired) electrons. The minimum atomic E-state index is -0.187. The Kier molecular flexibility index (Phi) is 7.20. The van der Waals surface area contributed by atoms with E-state index in [1.807, 2.05) is 34.5 Å². The fourth-order valence-electron chi connectivity index (χ4n) is 2.93. The molecule has 26 heavy (non-hydrogen) atoms. The Balaban J connectivity index is 0.00000243. The summed E-state index contributed by atoms with van der Waals surface area (Å²) in [5.74, 6) is -0.209. The van der Waals surface area contributed by atoms with E-state index in [0.29, 0.717) is 29.2 Å². The average Bonchev–Trinajstić information content (AvgIpc) is 3.09. The Labute approximate surface area is 164 Å². The molecule has 140 valence electrons. The van der Waals surface area contributed by atoms with Crippen LogP contribution in [0.3, 0.4) is 0 Å². The van der Waals surface area contributed by atoms with Crippen LogP contribution in [0.1, 0.15) is 40.1 Å². The van der Waals surface area contributed by atoms with E-state index in [4.69, 9.17) is 0 Å². The molecule has 1 aromatic heterocycles. The fraction of sp³-hybridized carbons (Fsp3) is 0.368. The molecule has 1 aromatic carbocycles. The molecule has 2 heterocycles. The maximum Gasteiger partial charge on any atom is 0.256 e. The van der Waals surface area contributed by atoms with Crippen molar-refractivity contribution >= 4 is 40.6 Å². The van der Waals surface area contributed by atoms with Gasteiger partial charge in [-0.05, 0) is 42.5 Å². The monoisotopic (exact) mass is 393 g/mol. The van der Waals surface area contributed by atoms with Crippen molar-refractivity contribution in [1.82, 2.24) is 10.2 Å². The molecule has 7 heteroatoms. The molecule has 1 aliphatic heterocycles. The molecule has 0 spiro atoms. The Hall–Kier alpha value is -1.89. The van der Waals surface area contributed by atoms with Gasteiger partial charge in [-0.25, -0.2) is 0 Å². The molecular weight excluding hydrogens is 370 g/mol. The van der Waals surface area contributed by atoms with E-state index in [2.05, 4.69) is 24.5 Å². The fourth-order valence-corrected chi connectivity index (χ4v) is 3.70. The molecule has 1 unspecified atom stereocenters. The molecule has 1 fully saturated rings. The Morgan fingerprint density at radius 1 is 1.27 bits per heavy atom. The predicted molar refractivity (Wildman–Crippen MR) is 109 cm³/mol. The van der Waals surface area contributed by atoms with E-state index in [0.717, 1.165) is 13.0 Å². The zero-order chi connectivity index (χ0) is 17.8. The highest BCUT2D eigenvalue weighted by atomic mass is 35.5. The molecule has 2 aromatic rings. The van der Waals surface area contributed by atoms with Crippen molar-refractivity contribution in [2.45, 2.75) is 26.3 Å². The first-order chi connectivity index (χ1) is 12.1. The number of rotatable bonds is 4. The van der Waals surface area contributed by atoms with Gasteiger partial charge in [0, 0.05) is 31.2 Å². The normalized spacial score (nSPS) is 16.7. The number of hydrogen-bond donors (Lipinski definition) is 2. The summed E-state index contributed by atoms with van der Waals surface area (Å²) in [5.41, 5.74) is 2.36. The summed E-state index contributed by atoms with van der Waals surface area (Å²) in [6.07, 6.45) is 0.939. The number of amides is 2. The number of nitrogens with zero attached hydrogens (tertiary/aromatic N) is 1. The third-order valence-corrected chi connectivity index (χ3v) is 5.23. The van der Waals surface area contributed by atoms with Crippen molar-refractivity contribution in [2.75, 3.05) is 25.0 Å². The van der Waals surface area contributed by atoms with E-state index in [-0.39, 0.29) is 30.3 Å². The number of carbonyl (C=O) groups excluding carboxylic acids is 2. The molecule has 0 bridgehead atoms. The van der Waals surface area contributed by atoms with Crippen molar-refractivity contribution in [1.29, 1.82) is 0 Å². The van der Waals surface area contributed by atoms with Gasteiger partial charge in [0.15, 0.2) is 0 Å². The number of anilines is 1. The van der Waals surface area contributed by atoms with Gasteiger partial charge in [-0.3, -0.25) is 9.59 Å². The Bertz CT molecular complexity index is 760. The summed E-state index contributed by atoms with van der Waals surface area (Å²) in [7, 11) is 0. The van der Waals surface area contributed by atoms with Gasteiger partial charge in [-0.15, -0.1) is 23.7 Å². The Morgan fingerprint density at radius 3 is 2.65 bits per heavy atom. The molecule has 0 saturated carbocycles. The van der Waals surface area contributed by atoms with Gasteiger partial charge in [0.25, 0.3) is 11.8 Å². The van der Waals surface area contributed by atoms with Crippen LogP contribution in [0, 0.1) is 0 Å². The highest BCUT2D eigenvalue weighted by molar-refractivity contribution is 7.14. The second-order valence-electron chi connectivity index (χ2n) is 6.27. The molecule has 1 saturated heterocycles. The number of aryl methyl sites for hydroxylation is 1. The van der Waals surface area contributed by atoms with Crippen molar-refractivity contribution in [3.8, 4) is 0 Å². The molecule has 2 amide bonds. The third-order valence-electron chi connectivity index (χ3n) is 4.40. The van der Waals surface area contributed by atoms with Gasteiger partial charge in [-0.2, -0.15) is 0 Å². The van der Waals surface area contributed by atoms with E-state index < -0.39 is 0 Å². The average molecular weight is 394 g/mol. The number of piperazine rings is 1. The highest BCUT2D eigenvalue weighted by Gasteiger charge is 2.24. The minimum Gasteiger partial charge on any atom is -0.336 e. The topological polar surface area (TPSA) is 61.4 Å². The summed E-state index contributed by atoms with van der Waals surface area (Å²) in [6, 6.07) is 9.62. The lowest BCUT2D eigenvalue weighted by Crippen LogP contribution is -2.51. The summed E-state index contributed by atoms with van der Waals surface area (Å²) in [6.45, 7) is 6.30. The maximum atomic E-state index is 12.8. The number of thiophene rings is 1. The standard InChI is InChI=1S/C19H23N3O2S.ClH/c1-3-14-4-6-15(7-5-14)17(23)21-18-16(8-11-25-18)19(24)22-10-9-20-13(2)12-22;/h4-8,11,13,20H,3,9-10,12H2,1-2H3,(H,21,23);1H. The van der Waals surface area contributed by atoms with Crippen LogP contribution in [-0.4, -0.2) is 42.4 Å².